The smallest absolute Gasteiger partial charge is 0.0540 e. The molecule has 2 heteroatoms. The maximum atomic E-state index is 2.43. The molecule has 58 heavy (non-hydrogen) atoms. The Morgan fingerprint density at radius 3 is 1.50 bits per heavy atom. The Labute approximate surface area is 342 Å². The average molecular weight is 756 g/mol. The number of hydrogen-bond acceptors (Lipinski definition) is 2. The van der Waals surface area contributed by atoms with Gasteiger partial charge in [0.25, 0.3) is 0 Å². The quantitative estimate of drug-likeness (QED) is 0.146. The van der Waals surface area contributed by atoms with Crippen molar-refractivity contribution in [1.29, 1.82) is 0 Å². The van der Waals surface area contributed by atoms with Crippen molar-refractivity contribution in [3.05, 3.63) is 224 Å². The van der Waals surface area contributed by atoms with Gasteiger partial charge in [-0.25, -0.2) is 0 Å². The van der Waals surface area contributed by atoms with Gasteiger partial charge in [0.05, 0.1) is 5.69 Å². The van der Waals surface area contributed by atoms with Crippen LogP contribution in [0.1, 0.15) is 0 Å². The second-order valence-electron chi connectivity index (χ2n) is 14.8. The maximum absolute atomic E-state index is 2.43. The Morgan fingerprint density at radius 1 is 0.310 bits per heavy atom. The van der Waals surface area contributed by atoms with Crippen molar-refractivity contribution in [3.63, 3.8) is 0 Å². The number of hydrogen-bond donors (Lipinski definition) is 0. The van der Waals surface area contributed by atoms with Crippen LogP contribution in [0.4, 0.5) is 17.1 Å². The molecule has 0 aliphatic carbocycles. The van der Waals surface area contributed by atoms with Crippen molar-refractivity contribution in [2.45, 2.75) is 0 Å². The maximum Gasteiger partial charge on any atom is 0.0540 e. The van der Waals surface area contributed by atoms with Crippen molar-refractivity contribution in [2.24, 2.45) is 0 Å². The molecule has 0 aliphatic rings. The van der Waals surface area contributed by atoms with E-state index in [0.717, 1.165) is 17.1 Å². The van der Waals surface area contributed by atoms with E-state index in [1.165, 1.54) is 86.2 Å². The average Bonchev–Trinajstić information content (AvgIpc) is 3.69. The standard InChI is InChI=1S/C56H37NS/c1-3-15-38(16-4-1)40-27-31-43(32-28-40)57(44-33-29-41(30-34-44)39-17-5-2-6-18-39)52-25-13-11-23-48(52)49-35-36-54-56(50-24-12-14-26-53(50)58-54)55(49)51-37-42-19-7-8-20-45(42)46-21-9-10-22-47(46)51/h1-37H. The molecule has 1 nitrogen and oxygen atoms in total. The molecule has 0 fully saturated rings. The zero-order valence-electron chi connectivity index (χ0n) is 31.7. The van der Waals surface area contributed by atoms with Crippen molar-refractivity contribution in [3.8, 4) is 44.5 Å². The van der Waals surface area contributed by atoms with Gasteiger partial charge in [-0.2, -0.15) is 0 Å². The van der Waals surface area contributed by atoms with Crippen LogP contribution in [0.2, 0.25) is 0 Å². The SMILES string of the molecule is c1ccc(-c2ccc(N(c3ccc(-c4ccccc4)cc3)c3ccccc3-c3ccc4sc5ccccc5c4c3-c3cc4ccccc4c4ccccc34)cc2)cc1. The first-order valence-corrected chi connectivity index (χ1v) is 20.7. The fraction of sp³-hybridized carbons (Fsp3) is 0. The molecule has 0 saturated carbocycles. The Hall–Kier alpha value is -7.26. The number of para-hydroxylation sites is 1. The van der Waals surface area contributed by atoms with E-state index in [0.29, 0.717) is 0 Å². The van der Waals surface area contributed by atoms with Gasteiger partial charge in [0, 0.05) is 37.1 Å². The minimum absolute atomic E-state index is 1.10. The summed E-state index contributed by atoms with van der Waals surface area (Å²) in [6.45, 7) is 0. The highest BCUT2D eigenvalue weighted by atomic mass is 32.1. The molecule has 0 aliphatic heterocycles. The molecule has 0 N–H and O–H groups in total. The molecule has 0 spiro atoms. The minimum atomic E-state index is 1.10. The van der Waals surface area contributed by atoms with Gasteiger partial charge < -0.3 is 4.90 Å². The summed E-state index contributed by atoms with van der Waals surface area (Å²) >= 11 is 1.88. The zero-order chi connectivity index (χ0) is 38.4. The molecule has 11 rings (SSSR count). The molecular weight excluding hydrogens is 719 g/mol. The molecule has 0 bridgehead atoms. The second kappa shape index (κ2) is 14.4. The molecule has 0 atom stereocenters. The van der Waals surface area contributed by atoms with Crippen LogP contribution < -0.4 is 4.90 Å². The van der Waals surface area contributed by atoms with Gasteiger partial charge in [-0.15, -0.1) is 11.3 Å². The lowest BCUT2D eigenvalue weighted by Gasteiger charge is -2.29. The third-order valence-electron chi connectivity index (χ3n) is 11.5. The summed E-state index contributed by atoms with van der Waals surface area (Å²) in [6, 6.07) is 82.0. The molecule has 0 unspecified atom stereocenters. The Balaban J connectivity index is 1.18. The molecule has 10 aromatic carbocycles. The van der Waals surface area contributed by atoms with Crippen LogP contribution in [0, 0.1) is 0 Å². The van der Waals surface area contributed by atoms with Crippen LogP contribution in [0.25, 0.3) is 86.2 Å². The van der Waals surface area contributed by atoms with E-state index in [9.17, 15) is 0 Å². The van der Waals surface area contributed by atoms with Gasteiger partial charge in [0.15, 0.2) is 0 Å². The topological polar surface area (TPSA) is 3.24 Å². The highest BCUT2D eigenvalue weighted by Gasteiger charge is 2.23. The third kappa shape index (κ3) is 5.86. The van der Waals surface area contributed by atoms with Crippen LogP contribution in [0.15, 0.2) is 224 Å². The molecule has 1 heterocycles. The Bertz CT molecular complexity index is 3170. The fourth-order valence-electron chi connectivity index (χ4n) is 8.77. The van der Waals surface area contributed by atoms with Crippen LogP contribution >= 0.6 is 11.3 Å². The monoisotopic (exact) mass is 755 g/mol. The summed E-state index contributed by atoms with van der Waals surface area (Å²) < 4.78 is 2.59. The van der Waals surface area contributed by atoms with Crippen LogP contribution in [0.5, 0.6) is 0 Å². The van der Waals surface area contributed by atoms with Gasteiger partial charge in [-0.05, 0) is 109 Å². The number of nitrogens with zero attached hydrogens (tertiary/aromatic N) is 1. The van der Waals surface area contributed by atoms with Crippen molar-refractivity contribution in [2.75, 3.05) is 4.90 Å². The first-order valence-electron chi connectivity index (χ1n) is 19.8. The lowest BCUT2D eigenvalue weighted by molar-refractivity contribution is 1.28. The Morgan fingerprint density at radius 2 is 0.828 bits per heavy atom. The summed E-state index contributed by atoms with van der Waals surface area (Å²) in [4.78, 5) is 2.43. The van der Waals surface area contributed by atoms with Gasteiger partial charge in [-0.1, -0.05) is 176 Å². The molecule has 0 amide bonds. The summed E-state index contributed by atoms with van der Waals surface area (Å²) in [5, 5.41) is 7.64. The van der Waals surface area contributed by atoms with Crippen LogP contribution in [-0.4, -0.2) is 0 Å². The van der Waals surface area contributed by atoms with E-state index in [1.807, 2.05) is 11.3 Å². The van der Waals surface area contributed by atoms with Crippen LogP contribution in [0.3, 0.4) is 0 Å². The number of fused-ring (bicyclic) bond motifs is 6. The van der Waals surface area contributed by atoms with E-state index in [2.05, 4.69) is 229 Å². The zero-order valence-corrected chi connectivity index (χ0v) is 32.5. The number of benzene rings is 10. The summed E-state index contributed by atoms with van der Waals surface area (Å²) in [7, 11) is 0. The first kappa shape index (κ1) is 34.0. The fourth-order valence-corrected chi connectivity index (χ4v) is 9.89. The molecule has 272 valence electrons. The summed E-state index contributed by atoms with van der Waals surface area (Å²) in [6.07, 6.45) is 0. The van der Waals surface area contributed by atoms with E-state index >= 15 is 0 Å². The van der Waals surface area contributed by atoms with Crippen molar-refractivity contribution in [1.82, 2.24) is 0 Å². The number of thiophene rings is 1. The molecule has 11 aromatic rings. The first-order chi connectivity index (χ1) is 28.8. The molecule has 1 aromatic heterocycles. The van der Waals surface area contributed by atoms with Gasteiger partial charge in [0.1, 0.15) is 0 Å². The van der Waals surface area contributed by atoms with E-state index in [-0.39, 0.29) is 0 Å². The summed E-state index contributed by atoms with van der Waals surface area (Å²) in [5.41, 5.74) is 13.0. The van der Waals surface area contributed by atoms with Gasteiger partial charge in [0.2, 0.25) is 0 Å². The lowest BCUT2D eigenvalue weighted by Crippen LogP contribution is -2.11. The predicted molar refractivity (Wildman–Crippen MR) is 251 cm³/mol. The predicted octanol–water partition coefficient (Wildman–Crippen LogP) is 16.5. The lowest BCUT2D eigenvalue weighted by atomic mass is 9.86. The molecular formula is C56H37NS. The largest absolute Gasteiger partial charge is 0.310 e. The summed E-state index contributed by atoms with van der Waals surface area (Å²) in [5.74, 6) is 0. The molecule has 0 saturated heterocycles. The Kier molecular flexibility index (Phi) is 8.42. The molecule has 0 radical (unpaired) electrons. The highest BCUT2D eigenvalue weighted by Crippen LogP contribution is 2.51. The van der Waals surface area contributed by atoms with E-state index in [4.69, 9.17) is 0 Å². The second-order valence-corrected chi connectivity index (χ2v) is 15.9. The van der Waals surface area contributed by atoms with Crippen molar-refractivity contribution >= 4 is 70.1 Å². The normalized spacial score (nSPS) is 11.4. The number of rotatable bonds is 7. The van der Waals surface area contributed by atoms with Gasteiger partial charge >= 0.3 is 0 Å². The van der Waals surface area contributed by atoms with E-state index in [1.54, 1.807) is 0 Å². The van der Waals surface area contributed by atoms with Gasteiger partial charge in [-0.3, -0.25) is 0 Å². The number of anilines is 3. The van der Waals surface area contributed by atoms with Crippen LogP contribution in [-0.2, 0) is 0 Å². The minimum Gasteiger partial charge on any atom is -0.310 e. The van der Waals surface area contributed by atoms with Crippen molar-refractivity contribution < 1.29 is 0 Å². The highest BCUT2D eigenvalue weighted by molar-refractivity contribution is 7.26. The third-order valence-corrected chi connectivity index (χ3v) is 12.6. The van der Waals surface area contributed by atoms with E-state index < -0.39 is 0 Å².